The average Bonchev–Trinajstić information content (AvgIpc) is 3.35. The first-order valence-corrected chi connectivity index (χ1v) is 11.4. The summed E-state index contributed by atoms with van der Waals surface area (Å²) >= 11 is 6.19. The molecule has 0 spiro atoms. The standard InChI is InChI=1S/C16H19ClF3N7O4S/c1-27-4-8(2-22-27)23-15-21-3-9(17)14(25-15)24-10-5-30-13-11(6-31-12(10)13)26-32(28,29)7-16(18,19)20/h2-4,10-13,26H,5-7H2,1H3,(H2,21,23,24,25)/t10-,11+,12?,13?/m1/s1. The van der Waals surface area contributed by atoms with Gasteiger partial charge >= 0.3 is 6.18 Å². The number of aromatic nitrogens is 4. The summed E-state index contributed by atoms with van der Waals surface area (Å²) in [6.45, 7) is -0.0194. The Morgan fingerprint density at radius 1 is 1.22 bits per heavy atom. The van der Waals surface area contributed by atoms with E-state index in [9.17, 15) is 21.6 Å². The summed E-state index contributed by atoms with van der Waals surface area (Å²) in [5.41, 5.74) is 0.665. The van der Waals surface area contributed by atoms with E-state index in [1.807, 2.05) is 4.72 Å². The lowest BCUT2D eigenvalue weighted by molar-refractivity contribution is -0.106. The molecule has 32 heavy (non-hydrogen) atoms. The Balaban J connectivity index is 1.41. The molecule has 0 aromatic carbocycles. The van der Waals surface area contributed by atoms with Crippen molar-refractivity contribution in [2.24, 2.45) is 7.05 Å². The van der Waals surface area contributed by atoms with Crippen molar-refractivity contribution in [3.05, 3.63) is 23.6 Å². The zero-order valence-electron chi connectivity index (χ0n) is 16.5. The molecule has 16 heteroatoms. The molecular formula is C16H19ClF3N7O4S. The largest absolute Gasteiger partial charge is 0.404 e. The van der Waals surface area contributed by atoms with Gasteiger partial charge in [0.25, 0.3) is 0 Å². The second-order valence-corrected chi connectivity index (χ2v) is 9.52. The number of hydrogen-bond donors (Lipinski definition) is 3. The molecule has 4 atom stereocenters. The molecule has 3 N–H and O–H groups in total. The third-order valence-electron chi connectivity index (χ3n) is 4.77. The van der Waals surface area contributed by atoms with Gasteiger partial charge in [-0.3, -0.25) is 4.68 Å². The van der Waals surface area contributed by atoms with Crippen LogP contribution in [0.1, 0.15) is 0 Å². The molecule has 176 valence electrons. The minimum Gasteiger partial charge on any atom is -0.371 e. The topological polar surface area (TPSA) is 132 Å². The van der Waals surface area contributed by atoms with E-state index in [1.54, 1.807) is 24.1 Å². The highest BCUT2D eigenvalue weighted by Crippen LogP contribution is 2.31. The van der Waals surface area contributed by atoms with Gasteiger partial charge in [0.1, 0.15) is 17.2 Å². The summed E-state index contributed by atoms with van der Waals surface area (Å²) in [5.74, 6) is -1.43. The number of halogens is 4. The molecule has 2 unspecified atom stereocenters. The average molecular weight is 498 g/mol. The number of rotatable bonds is 7. The molecule has 2 aromatic rings. The SMILES string of the molecule is Cn1cc(Nc2ncc(Cl)c(N[C@@H]3COC4C3OC[C@@H]4NS(=O)(=O)CC(F)(F)F)n2)cn1. The maximum atomic E-state index is 12.5. The quantitative estimate of drug-likeness (QED) is 0.513. The van der Waals surface area contributed by atoms with Gasteiger partial charge in [-0.1, -0.05) is 11.6 Å². The zero-order chi connectivity index (χ0) is 23.1. The van der Waals surface area contributed by atoms with E-state index < -0.39 is 46.2 Å². The van der Waals surface area contributed by atoms with E-state index in [1.165, 1.54) is 6.20 Å². The lowest BCUT2D eigenvalue weighted by Gasteiger charge is -2.19. The molecule has 0 saturated carbocycles. The number of sulfonamides is 1. The van der Waals surface area contributed by atoms with Gasteiger partial charge in [0, 0.05) is 13.2 Å². The van der Waals surface area contributed by atoms with Gasteiger partial charge in [-0.2, -0.15) is 23.3 Å². The summed E-state index contributed by atoms with van der Waals surface area (Å²) in [5, 5.41) is 10.3. The van der Waals surface area contributed by atoms with E-state index in [0.29, 0.717) is 5.69 Å². The predicted molar refractivity (Wildman–Crippen MR) is 107 cm³/mol. The molecule has 4 rings (SSSR count). The molecule has 2 aliphatic rings. The van der Waals surface area contributed by atoms with Gasteiger partial charge < -0.3 is 20.1 Å². The summed E-state index contributed by atoms with van der Waals surface area (Å²) in [4.78, 5) is 8.43. The highest BCUT2D eigenvalue weighted by Gasteiger charge is 2.50. The Bertz CT molecular complexity index is 1080. The number of fused-ring (bicyclic) bond motifs is 1. The number of anilines is 3. The van der Waals surface area contributed by atoms with Crippen molar-refractivity contribution in [3.63, 3.8) is 0 Å². The highest BCUT2D eigenvalue weighted by atomic mass is 35.5. The third kappa shape index (κ3) is 5.40. The van der Waals surface area contributed by atoms with Crippen LogP contribution in [0.25, 0.3) is 0 Å². The lowest BCUT2D eigenvalue weighted by atomic mass is 10.1. The Kier molecular flexibility index (Phi) is 6.19. The first kappa shape index (κ1) is 23.0. The number of ether oxygens (including phenoxy) is 2. The van der Waals surface area contributed by atoms with Crippen LogP contribution in [0.3, 0.4) is 0 Å². The van der Waals surface area contributed by atoms with Crippen molar-refractivity contribution < 1.29 is 31.1 Å². The summed E-state index contributed by atoms with van der Waals surface area (Å²) in [6, 6.07) is -1.40. The Hall–Kier alpha value is -2.20. The van der Waals surface area contributed by atoms with Gasteiger partial charge in [0.2, 0.25) is 16.0 Å². The van der Waals surface area contributed by atoms with Crippen LogP contribution < -0.4 is 15.4 Å². The van der Waals surface area contributed by atoms with E-state index in [-0.39, 0.29) is 30.0 Å². The highest BCUT2D eigenvalue weighted by molar-refractivity contribution is 7.89. The maximum Gasteiger partial charge on any atom is 0.404 e. The van der Waals surface area contributed by atoms with Crippen molar-refractivity contribution in [1.82, 2.24) is 24.5 Å². The van der Waals surface area contributed by atoms with Crippen molar-refractivity contribution in [2.75, 3.05) is 29.6 Å². The van der Waals surface area contributed by atoms with Crippen LogP contribution in [-0.2, 0) is 26.5 Å². The van der Waals surface area contributed by atoms with Crippen LogP contribution in [0.2, 0.25) is 5.02 Å². The minimum absolute atomic E-state index is 0.110. The smallest absolute Gasteiger partial charge is 0.371 e. The van der Waals surface area contributed by atoms with E-state index >= 15 is 0 Å². The molecule has 2 saturated heterocycles. The summed E-state index contributed by atoms with van der Waals surface area (Å²) in [6.07, 6.45) is -1.51. The molecule has 2 aromatic heterocycles. The first-order chi connectivity index (χ1) is 15.0. The molecule has 2 fully saturated rings. The number of nitrogens with zero attached hydrogens (tertiary/aromatic N) is 4. The van der Waals surface area contributed by atoms with Gasteiger partial charge in [-0.25, -0.2) is 18.1 Å². The zero-order valence-corrected chi connectivity index (χ0v) is 18.1. The van der Waals surface area contributed by atoms with Crippen LogP contribution >= 0.6 is 11.6 Å². The Labute approximate surface area is 185 Å². The number of aryl methyl sites for hydroxylation is 1. The van der Waals surface area contributed by atoms with E-state index in [0.717, 1.165) is 0 Å². The normalized spacial score (nSPS) is 25.7. The number of hydrogen-bond acceptors (Lipinski definition) is 9. The van der Waals surface area contributed by atoms with Gasteiger partial charge in [0.05, 0.1) is 43.4 Å². The molecule has 0 aliphatic carbocycles. The number of alkyl halides is 3. The second kappa shape index (κ2) is 8.62. The fraction of sp³-hybridized carbons (Fsp3) is 0.562. The van der Waals surface area contributed by atoms with Crippen LogP contribution in [0, 0.1) is 0 Å². The van der Waals surface area contributed by atoms with Gasteiger partial charge in [-0.15, -0.1) is 0 Å². The van der Waals surface area contributed by atoms with Crippen LogP contribution in [0.15, 0.2) is 18.6 Å². The van der Waals surface area contributed by atoms with Crippen molar-refractivity contribution >= 4 is 39.1 Å². The van der Waals surface area contributed by atoms with Crippen molar-refractivity contribution in [2.45, 2.75) is 30.5 Å². The molecule has 0 amide bonds. The van der Waals surface area contributed by atoms with E-state index in [4.69, 9.17) is 21.1 Å². The molecule has 0 bridgehead atoms. The van der Waals surface area contributed by atoms with Crippen molar-refractivity contribution in [1.29, 1.82) is 0 Å². The van der Waals surface area contributed by atoms with Crippen molar-refractivity contribution in [3.8, 4) is 0 Å². The van der Waals surface area contributed by atoms with Gasteiger partial charge in [0.15, 0.2) is 11.6 Å². The first-order valence-electron chi connectivity index (χ1n) is 9.34. The van der Waals surface area contributed by atoms with Crippen LogP contribution in [-0.4, -0.2) is 77.6 Å². The lowest BCUT2D eigenvalue weighted by Crippen LogP contribution is -2.47. The fourth-order valence-electron chi connectivity index (χ4n) is 3.53. The second-order valence-electron chi connectivity index (χ2n) is 7.36. The monoisotopic (exact) mass is 497 g/mol. The van der Waals surface area contributed by atoms with Crippen LogP contribution in [0.5, 0.6) is 0 Å². The molecule has 11 nitrogen and oxygen atoms in total. The Morgan fingerprint density at radius 3 is 2.56 bits per heavy atom. The predicted octanol–water partition coefficient (Wildman–Crippen LogP) is 1.04. The summed E-state index contributed by atoms with van der Waals surface area (Å²) < 4.78 is 75.9. The molecule has 2 aliphatic heterocycles. The van der Waals surface area contributed by atoms with E-state index in [2.05, 4.69) is 25.7 Å². The van der Waals surface area contributed by atoms with Gasteiger partial charge in [-0.05, 0) is 0 Å². The van der Waals surface area contributed by atoms with Crippen LogP contribution in [0.4, 0.5) is 30.6 Å². The number of nitrogens with one attached hydrogen (secondary N) is 3. The minimum atomic E-state index is -4.85. The third-order valence-corrected chi connectivity index (χ3v) is 6.41. The summed E-state index contributed by atoms with van der Waals surface area (Å²) in [7, 11) is -2.83. The maximum absolute atomic E-state index is 12.5. The fourth-order valence-corrected chi connectivity index (χ4v) is 4.85. The molecular weight excluding hydrogens is 479 g/mol. The molecule has 4 heterocycles. The Morgan fingerprint density at radius 2 is 1.91 bits per heavy atom. The molecule has 0 radical (unpaired) electrons.